The van der Waals surface area contributed by atoms with Gasteiger partial charge in [-0.15, -0.1) is 11.6 Å². The molecule has 0 fully saturated rings. The number of ether oxygens (including phenoxy) is 1. The number of fused-ring (bicyclic) bond motifs is 1. The highest BCUT2D eigenvalue weighted by molar-refractivity contribution is 6.18. The molecule has 84 valence electrons. The molecule has 1 heterocycles. The zero-order valence-electron chi connectivity index (χ0n) is 9.03. The number of hydrogen-bond donors (Lipinski definition) is 1. The Kier molecular flexibility index (Phi) is 3.47. The molecule has 0 saturated heterocycles. The second kappa shape index (κ2) is 5.03. The summed E-state index contributed by atoms with van der Waals surface area (Å²) < 4.78 is 5.18. The molecule has 0 bridgehead atoms. The number of benzene rings is 1. The summed E-state index contributed by atoms with van der Waals surface area (Å²) in [7, 11) is 1.66. The number of halogens is 1. The molecule has 0 atom stereocenters. The quantitative estimate of drug-likeness (QED) is 0.829. The van der Waals surface area contributed by atoms with Gasteiger partial charge >= 0.3 is 0 Å². The summed E-state index contributed by atoms with van der Waals surface area (Å²) in [6.07, 6.45) is 1.78. The van der Waals surface area contributed by atoms with E-state index >= 15 is 0 Å². The van der Waals surface area contributed by atoms with Gasteiger partial charge in [-0.05, 0) is 29.7 Å². The lowest BCUT2D eigenvalue weighted by molar-refractivity contribution is 0.415. The van der Waals surface area contributed by atoms with Crippen LogP contribution in [0.4, 0.5) is 5.82 Å². The molecular weight excluding hydrogens is 224 g/mol. The number of methoxy groups -OCH3 is 1. The predicted octanol–water partition coefficient (Wildman–Crippen LogP) is 2.89. The van der Waals surface area contributed by atoms with Crippen LogP contribution in [0.3, 0.4) is 0 Å². The Hall–Kier alpha value is -1.48. The lowest BCUT2D eigenvalue weighted by Crippen LogP contribution is -2.04. The highest BCUT2D eigenvalue weighted by atomic mass is 35.5. The van der Waals surface area contributed by atoms with Crippen LogP contribution in [0.25, 0.3) is 10.8 Å². The first-order valence-electron chi connectivity index (χ1n) is 5.08. The molecule has 0 unspecified atom stereocenters. The molecule has 0 amide bonds. The molecule has 1 aromatic carbocycles. The Balaban J connectivity index is 2.43. The lowest BCUT2D eigenvalue weighted by Gasteiger charge is -2.08. The number of pyridine rings is 1. The van der Waals surface area contributed by atoms with Crippen LogP contribution in [0.5, 0.6) is 5.75 Å². The van der Waals surface area contributed by atoms with Crippen LogP contribution in [-0.4, -0.2) is 24.5 Å². The normalized spacial score (nSPS) is 10.4. The van der Waals surface area contributed by atoms with E-state index < -0.39 is 0 Å². The van der Waals surface area contributed by atoms with Crippen LogP contribution in [0, 0.1) is 0 Å². The van der Waals surface area contributed by atoms with Gasteiger partial charge in [0.2, 0.25) is 0 Å². The number of anilines is 1. The van der Waals surface area contributed by atoms with Gasteiger partial charge < -0.3 is 10.1 Å². The van der Waals surface area contributed by atoms with Crippen LogP contribution in [0.2, 0.25) is 0 Å². The second-order valence-electron chi connectivity index (χ2n) is 3.36. The van der Waals surface area contributed by atoms with Crippen molar-refractivity contribution < 1.29 is 4.74 Å². The van der Waals surface area contributed by atoms with E-state index in [1.165, 1.54) is 0 Å². The highest BCUT2D eigenvalue weighted by Gasteiger charge is 2.02. The fraction of sp³-hybridized carbons (Fsp3) is 0.250. The molecule has 4 heteroatoms. The number of aromatic nitrogens is 1. The van der Waals surface area contributed by atoms with E-state index in [4.69, 9.17) is 16.3 Å². The summed E-state index contributed by atoms with van der Waals surface area (Å²) >= 11 is 5.64. The van der Waals surface area contributed by atoms with Crippen molar-refractivity contribution in [1.29, 1.82) is 0 Å². The summed E-state index contributed by atoms with van der Waals surface area (Å²) in [6, 6.07) is 7.88. The van der Waals surface area contributed by atoms with Gasteiger partial charge in [-0.2, -0.15) is 0 Å². The van der Waals surface area contributed by atoms with Gasteiger partial charge in [-0.3, -0.25) is 0 Å². The molecule has 0 radical (unpaired) electrons. The molecule has 16 heavy (non-hydrogen) atoms. The Morgan fingerprint density at radius 2 is 2.25 bits per heavy atom. The average molecular weight is 237 g/mol. The number of hydrogen-bond acceptors (Lipinski definition) is 3. The standard InChI is InChI=1S/C12H13ClN2O/c1-16-10-2-3-11-9(8-10)4-6-14-12(11)15-7-5-13/h2-4,6,8H,5,7H2,1H3,(H,14,15). The minimum atomic E-state index is 0.564. The predicted molar refractivity (Wildman–Crippen MR) is 67.5 cm³/mol. The van der Waals surface area contributed by atoms with E-state index in [2.05, 4.69) is 10.3 Å². The summed E-state index contributed by atoms with van der Waals surface area (Å²) in [5, 5.41) is 5.37. The third-order valence-corrected chi connectivity index (χ3v) is 2.55. The Bertz CT molecular complexity index is 487. The fourth-order valence-corrected chi connectivity index (χ4v) is 1.68. The van der Waals surface area contributed by atoms with E-state index in [1.54, 1.807) is 13.3 Å². The van der Waals surface area contributed by atoms with Crippen LogP contribution in [0.1, 0.15) is 0 Å². The third kappa shape index (κ3) is 2.19. The van der Waals surface area contributed by atoms with E-state index in [0.717, 1.165) is 22.3 Å². The van der Waals surface area contributed by atoms with Crippen molar-refractivity contribution in [3.8, 4) is 5.75 Å². The van der Waals surface area contributed by atoms with E-state index in [0.29, 0.717) is 12.4 Å². The molecular formula is C12H13ClN2O. The average Bonchev–Trinajstić information content (AvgIpc) is 2.35. The van der Waals surface area contributed by atoms with Crippen molar-refractivity contribution in [2.75, 3.05) is 24.9 Å². The smallest absolute Gasteiger partial charge is 0.133 e. The van der Waals surface area contributed by atoms with Crippen LogP contribution >= 0.6 is 11.6 Å². The van der Waals surface area contributed by atoms with Gasteiger partial charge in [0, 0.05) is 24.0 Å². The highest BCUT2D eigenvalue weighted by Crippen LogP contribution is 2.24. The van der Waals surface area contributed by atoms with Crippen LogP contribution < -0.4 is 10.1 Å². The van der Waals surface area contributed by atoms with Gasteiger partial charge in [-0.25, -0.2) is 4.98 Å². The van der Waals surface area contributed by atoms with E-state index in [-0.39, 0.29) is 0 Å². The maximum atomic E-state index is 5.64. The van der Waals surface area contributed by atoms with Crippen molar-refractivity contribution >= 4 is 28.2 Å². The summed E-state index contributed by atoms with van der Waals surface area (Å²) in [5.74, 6) is 2.27. The van der Waals surface area contributed by atoms with Gasteiger partial charge in [0.05, 0.1) is 7.11 Å². The molecule has 2 aromatic rings. The minimum Gasteiger partial charge on any atom is -0.497 e. The zero-order chi connectivity index (χ0) is 11.4. The molecule has 0 spiro atoms. The molecule has 0 saturated carbocycles. The number of nitrogens with one attached hydrogen (secondary N) is 1. The van der Waals surface area contributed by atoms with E-state index in [1.807, 2.05) is 24.3 Å². The van der Waals surface area contributed by atoms with Gasteiger partial charge in [0.15, 0.2) is 0 Å². The first-order valence-corrected chi connectivity index (χ1v) is 5.61. The molecule has 0 aliphatic carbocycles. The molecule has 1 aromatic heterocycles. The SMILES string of the molecule is COc1ccc2c(NCCCl)nccc2c1. The maximum absolute atomic E-state index is 5.64. The van der Waals surface area contributed by atoms with Crippen LogP contribution in [0.15, 0.2) is 30.5 Å². The monoisotopic (exact) mass is 236 g/mol. The molecule has 0 aliphatic rings. The fourth-order valence-electron chi connectivity index (χ4n) is 1.59. The van der Waals surface area contributed by atoms with E-state index in [9.17, 15) is 0 Å². The molecule has 2 rings (SSSR count). The minimum absolute atomic E-state index is 0.564. The molecule has 3 nitrogen and oxygen atoms in total. The van der Waals surface area contributed by atoms with Gasteiger partial charge in [-0.1, -0.05) is 0 Å². The molecule has 1 N–H and O–H groups in total. The number of rotatable bonds is 4. The van der Waals surface area contributed by atoms with Crippen molar-refractivity contribution in [3.63, 3.8) is 0 Å². The largest absolute Gasteiger partial charge is 0.497 e. The Labute approximate surface area is 99.4 Å². The summed E-state index contributed by atoms with van der Waals surface area (Å²) in [5.41, 5.74) is 0. The van der Waals surface area contributed by atoms with Gasteiger partial charge in [0.1, 0.15) is 11.6 Å². The Morgan fingerprint density at radius 1 is 1.38 bits per heavy atom. The summed E-state index contributed by atoms with van der Waals surface area (Å²) in [6.45, 7) is 0.708. The topological polar surface area (TPSA) is 34.1 Å². The van der Waals surface area contributed by atoms with Crippen LogP contribution in [-0.2, 0) is 0 Å². The van der Waals surface area contributed by atoms with Crippen molar-refractivity contribution in [2.45, 2.75) is 0 Å². The van der Waals surface area contributed by atoms with Crippen molar-refractivity contribution in [1.82, 2.24) is 4.98 Å². The van der Waals surface area contributed by atoms with Crippen molar-refractivity contribution in [2.24, 2.45) is 0 Å². The first kappa shape index (κ1) is 11.0. The van der Waals surface area contributed by atoms with Gasteiger partial charge in [0.25, 0.3) is 0 Å². The Morgan fingerprint density at radius 3 is 3.00 bits per heavy atom. The second-order valence-corrected chi connectivity index (χ2v) is 3.74. The maximum Gasteiger partial charge on any atom is 0.133 e. The molecule has 0 aliphatic heterocycles. The number of alkyl halides is 1. The first-order chi connectivity index (χ1) is 7.85. The summed E-state index contributed by atoms with van der Waals surface area (Å²) in [4.78, 5) is 4.29. The lowest BCUT2D eigenvalue weighted by atomic mass is 10.1. The number of nitrogens with zero attached hydrogens (tertiary/aromatic N) is 1. The zero-order valence-corrected chi connectivity index (χ0v) is 9.79. The third-order valence-electron chi connectivity index (χ3n) is 2.36. The van der Waals surface area contributed by atoms with Crippen molar-refractivity contribution in [3.05, 3.63) is 30.5 Å².